The Bertz CT molecular complexity index is 1070. The topological polar surface area (TPSA) is 56.6 Å². The molecule has 3 aliphatic rings. The number of amides is 1. The number of carbonyl (C=O) groups is 1. The van der Waals surface area contributed by atoms with Crippen LogP contribution in [0.4, 0.5) is 0 Å². The molecular formula is C27H29N3O2S. The van der Waals surface area contributed by atoms with Crippen LogP contribution in [0, 0.1) is 11.3 Å². The van der Waals surface area contributed by atoms with Gasteiger partial charge in [-0.15, -0.1) is 0 Å². The minimum absolute atomic E-state index is 0.109. The highest BCUT2D eigenvalue weighted by Gasteiger charge is 2.39. The van der Waals surface area contributed by atoms with Crippen molar-refractivity contribution in [1.29, 1.82) is 5.26 Å². The molecule has 1 aliphatic carbocycles. The molecule has 1 saturated heterocycles. The summed E-state index contributed by atoms with van der Waals surface area (Å²) >= 11 is 1.65. The lowest BCUT2D eigenvalue weighted by Gasteiger charge is -2.44. The Morgan fingerprint density at radius 3 is 2.67 bits per heavy atom. The van der Waals surface area contributed by atoms with E-state index < -0.39 is 0 Å². The van der Waals surface area contributed by atoms with Gasteiger partial charge in [-0.1, -0.05) is 73.5 Å². The number of thioether (sulfide) groups is 1. The molecule has 0 bridgehead atoms. The van der Waals surface area contributed by atoms with Gasteiger partial charge in [-0.25, -0.2) is 0 Å². The van der Waals surface area contributed by atoms with Crippen molar-refractivity contribution in [2.45, 2.75) is 57.1 Å². The molecule has 5 rings (SSSR count). The molecule has 2 aromatic carbocycles. The Morgan fingerprint density at radius 1 is 1.06 bits per heavy atom. The maximum Gasteiger partial charge on any atom is 0.229 e. The van der Waals surface area contributed by atoms with Crippen LogP contribution in [0.25, 0.3) is 0 Å². The number of hydrogen-bond donors (Lipinski definition) is 0. The highest BCUT2D eigenvalue weighted by atomic mass is 32.2. The average Bonchev–Trinajstić information content (AvgIpc) is 2.88. The van der Waals surface area contributed by atoms with E-state index in [1.54, 1.807) is 11.8 Å². The van der Waals surface area contributed by atoms with Crippen LogP contribution in [-0.2, 0) is 11.4 Å². The lowest BCUT2D eigenvalue weighted by atomic mass is 9.86. The first kappa shape index (κ1) is 22.1. The number of nitriles is 1. The lowest BCUT2D eigenvalue weighted by Crippen LogP contribution is -2.51. The van der Waals surface area contributed by atoms with Crippen LogP contribution in [0.3, 0.4) is 0 Å². The molecule has 0 aromatic heterocycles. The summed E-state index contributed by atoms with van der Waals surface area (Å²) in [5.41, 5.74) is 2.78. The molecule has 0 spiro atoms. The van der Waals surface area contributed by atoms with E-state index in [0.717, 1.165) is 27.8 Å². The largest absolute Gasteiger partial charge is 0.489 e. The Kier molecular flexibility index (Phi) is 6.70. The lowest BCUT2D eigenvalue weighted by molar-refractivity contribution is -0.132. The molecule has 2 fully saturated rings. The molecule has 0 radical (unpaired) electrons. The number of rotatable bonds is 5. The van der Waals surface area contributed by atoms with E-state index in [1.165, 1.54) is 32.1 Å². The van der Waals surface area contributed by atoms with Gasteiger partial charge in [0.1, 0.15) is 12.4 Å². The summed E-state index contributed by atoms with van der Waals surface area (Å²) in [5, 5.41) is 10.9. The van der Waals surface area contributed by atoms with E-state index in [2.05, 4.69) is 11.0 Å². The van der Waals surface area contributed by atoms with Crippen molar-refractivity contribution in [2.75, 3.05) is 12.5 Å². The fourth-order valence-electron chi connectivity index (χ4n) is 5.10. The molecule has 2 heterocycles. The monoisotopic (exact) mass is 459 g/mol. The average molecular weight is 460 g/mol. The van der Waals surface area contributed by atoms with Crippen LogP contribution in [0.2, 0.25) is 0 Å². The summed E-state index contributed by atoms with van der Waals surface area (Å²) < 4.78 is 6.00. The molecule has 1 amide bonds. The molecule has 1 saturated carbocycles. The Morgan fingerprint density at radius 2 is 1.88 bits per heavy atom. The molecule has 33 heavy (non-hydrogen) atoms. The molecule has 0 N–H and O–H groups in total. The summed E-state index contributed by atoms with van der Waals surface area (Å²) in [6, 6.07) is 20.9. The van der Waals surface area contributed by atoms with Crippen molar-refractivity contribution in [3.05, 3.63) is 76.3 Å². The standard InChI is InChI=1S/C27H29N3O2S/c28-16-25-24(21-10-7-13-23(14-21)32-17-20-8-3-1-4-9-20)15-26(31)30-18-29(19-33-27(25)30)22-11-5-2-6-12-22/h1,3-4,7-10,13-14,22,24H,2,5-6,11-12,15,17-19H2/t24-/m0/s1. The second-order valence-corrected chi connectivity index (χ2v) is 9.98. The minimum Gasteiger partial charge on any atom is -0.489 e. The number of fused-ring (bicyclic) bond motifs is 1. The zero-order valence-electron chi connectivity index (χ0n) is 18.8. The second kappa shape index (κ2) is 10.0. The summed E-state index contributed by atoms with van der Waals surface area (Å²) in [6.45, 7) is 1.10. The third-order valence-corrected chi connectivity index (χ3v) is 8.09. The number of nitrogens with zero attached hydrogens (tertiary/aromatic N) is 3. The molecule has 5 nitrogen and oxygen atoms in total. The van der Waals surface area contributed by atoms with Crippen LogP contribution in [0.5, 0.6) is 5.75 Å². The molecule has 1 atom stereocenters. The summed E-state index contributed by atoms with van der Waals surface area (Å²) in [7, 11) is 0. The van der Waals surface area contributed by atoms with Crippen LogP contribution in [0.1, 0.15) is 55.6 Å². The maximum atomic E-state index is 13.2. The third-order valence-electron chi connectivity index (χ3n) is 6.91. The number of carbonyl (C=O) groups excluding carboxylic acids is 1. The van der Waals surface area contributed by atoms with Gasteiger partial charge in [0.15, 0.2) is 0 Å². The number of ether oxygens (including phenoxy) is 1. The van der Waals surface area contributed by atoms with Gasteiger partial charge in [-0.3, -0.25) is 14.6 Å². The zero-order valence-corrected chi connectivity index (χ0v) is 19.6. The van der Waals surface area contributed by atoms with Gasteiger partial charge >= 0.3 is 0 Å². The quantitative estimate of drug-likeness (QED) is 0.581. The number of hydrogen-bond acceptors (Lipinski definition) is 5. The number of benzene rings is 2. The van der Waals surface area contributed by atoms with Crippen molar-refractivity contribution in [3.63, 3.8) is 0 Å². The van der Waals surface area contributed by atoms with Crippen LogP contribution >= 0.6 is 11.8 Å². The fraction of sp³-hybridized carbons (Fsp3) is 0.407. The van der Waals surface area contributed by atoms with Gasteiger partial charge in [0.25, 0.3) is 0 Å². The van der Waals surface area contributed by atoms with Crippen molar-refractivity contribution < 1.29 is 9.53 Å². The molecular weight excluding hydrogens is 430 g/mol. The van der Waals surface area contributed by atoms with E-state index in [9.17, 15) is 10.1 Å². The van der Waals surface area contributed by atoms with Gasteiger partial charge in [-0.05, 0) is 36.1 Å². The van der Waals surface area contributed by atoms with E-state index in [-0.39, 0.29) is 11.8 Å². The van der Waals surface area contributed by atoms with Crippen LogP contribution in [-0.4, -0.2) is 34.3 Å². The second-order valence-electron chi connectivity index (χ2n) is 9.05. The normalized spacial score (nSPS) is 22.1. The summed E-state index contributed by atoms with van der Waals surface area (Å²) in [5.74, 6) is 1.50. The SMILES string of the molecule is N#CC1=C2SCN(C3CCCCC3)CN2C(=O)C[C@H]1c1cccc(OCc2ccccc2)c1. The van der Waals surface area contributed by atoms with Gasteiger partial charge in [0, 0.05) is 18.4 Å². The summed E-state index contributed by atoms with van der Waals surface area (Å²) in [6.07, 6.45) is 6.62. The maximum absolute atomic E-state index is 13.2. The minimum atomic E-state index is -0.220. The van der Waals surface area contributed by atoms with E-state index in [0.29, 0.717) is 31.3 Å². The first-order chi connectivity index (χ1) is 16.2. The highest BCUT2D eigenvalue weighted by molar-refractivity contribution is 8.03. The third kappa shape index (κ3) is 4.80. The van der Waals surface area contributed by atoms with Crippen LogP contribution < -0.4 is 4.74 Å². The van der Waals surface area contributed by atoms with Crippen molar-refractivity contribution >= 4 is 17.7 Å². The van der Waals surface area contributed by atoms with Gasteiger partial charge in [0.05, 0.1) is 29.2 Å². The molecule has 2 aliphatic heterocycles. The van der Waals surface area contributed by atoms with Crippen molar-refractivity contribution in [3.8, 4) is 11.8 Å². The smallest absolute Gasteiger partial charge is 0.229 e. The first-order valence-corrected chi connectivity index (χ1v) is 12.8. The van der Waals surface area contributed by atoms with E-state index in [4.69, 9.17) is 4.74 Å². The zero-order chi connectivity index (χ0) is 22.6. The van der Waals surface area contributed by atoms with Gasteiger partial charge in [0.2, 0.25) is 5.91 Å². The van der Waals surface area contributed by atoms with Crippen molar-refractivity contribution in [2.24, 2.45) is 0 Å². The predicted octanol–water partition coefficient (Wildman–Crippen LogP) is 5.61. The van der Waals surface area contributed by atoms with E-state index in [1.807, 2.05) is 59.5 Å². The van der Waals surface area contributed by atoms with Gasteiger partial charge in [-0.2, -0.15) is 5.26 Å². The predicted molar refractivity (Wildman–Crippen MR) is 130 cm³/mol. The van der Waals surface area contributed by atoms with Crippen LogP contribution in [0.15, 0.2) is 65.2 Å². The Labute approximate surface area is 200 Å². The van der Waals surface area contributed by atoms with Gasteiger partial charge < -0.3 is 4.74 Å². The molecule has 170 valence electrons. The number of allylic oxidation sites excluding steroid dienone is 1. The summed E-state index contributed by atoms with van der Waals surface area (Å²) in [4.78, 5) is 17.5. The Balaban J connectivity index is 1.34. The highest BCUT2D eigenvalue weighted by Crippen LogP contribution is 2.44. The van der Waals surface area contributed by atoms with Crippen molar-refractivity contribution in [1.82, 2.24) is 9.80 Å². The first-order valence-electron chi connectivity index (χ1n) is 11.8. The fourth-order valence-corrected chi connectivity index (χ4v) is 6.34. The molecule has 6 heteroatoms. The Hall–Kier alpha value is -2.75. The molecule has 2 aromatic rings. The molecule has 0 unspecified atom stereocenters. The van der Waals surface area contributed by atoms with E-state index >= 15 is 0 Å².